The first-order chi connectivity index (χ1) is 12.1. The highest BCUT2D eigenvalue weighted by Crippen LogP contribution is 2.44. The number of amides is 3. The van der Waals surface area contributed by atoms with Crippen LogP contribution in [0.2, 0.25) is 0 Å². The van der Waals surface area contributed by atoms with E-state index in [4.69, 9.17) is 9.47 Å². The maximum atomic E-state index is 13.0. The van der Waals surface area contributed by atoms with Gasteiger partial charge in [-0.05, 0) is 46.6 Å². The molecule has 1 heterocycles. The number of hydrogen-bond donors (Lipinski definition) is 0. The summed E-state index contributed by atoms with van der Waals surface area (Å²) in [7, 11) is 0. The minimum atomic E-state index is -1.28. The topological polar surface area (TPSA) is 76.2 Å². The first kappa shape index (κ1) is 19.8. The number of ether oxygens (including phenoxy) is 2. The Balaban J connectivity index is 2.48. The van der Waals surface area contributed by atoms with Crippen molar-refractivity contribution in [3.05, 3.63) is 35.4 Å². The van der Waals surface area contributed by atoms with Crippen molar-refractivity contribution in [2.45, 2.75) is 65.7 Å². The standard InChI is InChI=1S/C19H26N2O5/c1-7-19(15-10-8-14(6)9-11-15)16(22)20(17(23)25-12(2)3)21(19)18(24)26-13(4)5/h8-13H,7H2,1-6H3. The summed E-state index contributed by atoms with van der Waals surface area (Å²) in [4.78, 5) is 38.1. The van der Waals surface area contributed by atoms with Gasteiger partial charge in [-0.2, -0.15) is 5.01 Å². The Kier molecular flexibility index (Phi) is 5.59. The Hall–Kier alpha value is -2.57. The smallest absolute Gasteiger partial charge is 0.436 e. The van der Waals surface area contributed by atoms with Crippen molar-refractivity contribution in [2.24, 2.45) is 0 Å². The Morgan fingerprint density at radius 2 is 1.50 bits per heavy atom. The fourth-order valence-corrected chi connectivity index (χ4v) is 2.97. The lowest BCUT2D eigenvalue weighted by Crippen LogP contribution is -2.78. The molecule has 26 heavy (non-hydrogen) atoms. The number of benzene rings is 1. The van der Waals surface area contributed by atoms with Gasteiger partial charge in [-0.1, -0.05) is 36.8 Å². The van der Waals surface area contributed by atoms with E-state index in [2.05, 4.69) is 0 Å². The molecule has 7 heteroatoms. The summed E-state index contributed by atoms with van der Waals surface area (Å²) in [5.74, 6) is -0.504. The van der Waals surface area contributed by atoms with Crippen LogP contribution < -0.4 is 0 Å². The zero-order valence-electron chi connectivity index (χ0n) is 16.1. The number of carbonyl (C=O) groups is 3. The van der Waals surface area contributed by atoms with Crippen LogP contribution in [-0.2, 0) is 19.8 Å². The molecule has 1 aliphatic rings. The van der Waals surface area contributed by atoms with E-state index in [-0.39, 0.29) is 0 Å². The number of nitrogens with zero attached hydrogens (tertiary/aromatic N) is 2. The molecule has 1 aliphatic heterocycles. The molecule has 2 rings (SSSR count). The summed E-state index contributed by atoms with van der Waals surface area (Å²) < 4.78 is 10.4. The molecule has 0 saturated carbocycles. The lowest BCUT2D eigenvalue weighted by Gasteiger charge is -2.54. The lowest BCUT2D eigenvalue weighted by molar-refractivity contribution is -0.204. The average molecular weight is 362 g/mol. The molecule has 1 atom stereocenters. The molecule has 1 aromatic rings. The highest BCUT2D eigenvalue weighted by atomic mass is 16.6. The third kappa shape index (κ3) is 3.25. The highest BCUT2D eigenvalue weighted by molar-refractivity contribution is 6.06. The third-order valence-corrected chi connectivity index (χ3v) is 4.17. The number of hydrazine groups is 1. The van der Waals surface area contributed by atoms with Crippen molar-refractivity contribution in [2.75, 3.05) is 0 Å². The Morgan fingerprint density at radius 1 is 1.00 bits per heavy atom. The normalized spacial score (nSPS) is 19.6. The van der Waals surface area contributed by atoms with Crippen LogP contribution in [0.5, 0.6) is 0 Å². The molecule has 3 amide bonds. The van der Waals surface area contributed by atoms with Crippen molar-refractivity contribution in [1.29, 1.82) is 0 Å². The summed E-state index contributed by atoms with van der Waals surface area (Å²) in [5.41, 5.74) is 0.374. The van der Waals surface area contributed by atoms with Crippen LogP contribution in [0.25, 0.3) is 0 Å². The van der Waals surface area contributed by atoms with Crippen molar-refractivity contribution in [3.63, 3.8) is 0 Å². The molecule has 1 saturated heterocycles. The average Bonchev–Trinajstić information content (AvgIpc) is 2.53. The Morgan fingerprint density at radius 3 is 1.96 bits per heavy atom. The van der Waals surface area contributed by atoms with Crippen molar-refractivity contribution >= 4 is 18.1 Å². The van der Waals surface area contributed by atoms with Gasteiger partial charge in [-0.3, -0.25) is 4.79 Å². The highest BCUT2D eigenvalue weighted by Gasteiger charge is 2.65. The molecule has 0 aliphatic carbocycles. The van der Waals surface area contributed by atoms with E-state index in [1.165, 1.54) is 0 Å². The van der Waals surface area contributed by atoms with Crippen LogP contribution in [0, 0.1) is 6.92 Å². The van der Waals surface area contributed by atoms with E-state index in [0.717, 1.165) is 15.6 Å². The van der Waals surface area contributed by atoms with Crippen molar-refractivity contribution < 1.29 is 23.9 Å². The molecular weight excluding hydrogens is 336 g/mol. The van der Waals surface area contributed by atoms with Gasteiger partial charge in [0.15, 0.2) is 5.54 Å². The SMILES string of the molecule is CCC1(c2ccc(C)cc2)C(=O)N(C(=O)OC(C)C)N1C(=O)OC(C)C. The second-order valence-corrected chi connectivity index (χ2v) is 6.87. The van der Waals surface area contributed by atoms with Gasteiger partial charge in [0.1, 0.15) is 0 Å². The molecule has 7 nitrogen and oxygen atoms in total. The maximum Gasteiger partial charge on any atom is 0.436 e. The van der Waals surface area contributed by atoms with E-state index in [9.17, 15) is 14.4 Å². The molecule has 1 aromatic carbocycles. The van der Waals surface area contributed by atoms with E-state index >= 15 is 0 Å². The van der Waals surface area contributed by atoms with Gasteiger partial charge in [-0.25, -0.2) is 9.59 Å². The van der Waals surface area contributed by atoms with Crippen LogP contribution in [0.3, 0.4) is 0 Å². The second kappa shape index (κ2) is 7.35. The predicted molar refractivity (Wildman–Crippen MR) is 95.1 cm³/mol. The quantitative estimate of drug-likeness (QED) is 0.815. The molecule has 0 bridgehead atoms. The lowest BCUT2D eigenvalue weighted by atomic mass is 9.81. The van der Waals surface area contributed by atoms with Crippen LogP contribution in [-0.4, -0.2) is 40.3 Å². The molecule has 1 unspecified atom stereocenters. The van der Waals surface area contributed by atoms with E-state index < -0.39 is 35.8 Å². The fourth-order valence-electron chi connectivity index (χ4n) is 2.97. The van der Waals surface area contributed by atoms with Crippen molar-refractivity contribution in [3.8, 4) is 0 Å². The first-order valence-corrected chi connectivity index (χ1v) is 8.78. The molecule has 1 fully saturated rings. The van der Waals surface area contributed by atoms with Crippen LogP contribution >= 0.6 is 0 Å². The van der Waals surface area contributed by atoms with Gasteiger partial charge in [0, 0.05) is 0 Å². The first-order valence-electron chi connectivity index (χ1n) is 8.78. The predicted octanol–water partition coefficient (Wildman–Crippen LogP) is 3.75. The Labute approximate surface area is 153 Å². The second-order valence-electron chi connectivity index (χ2n) is 6.87. The van der Waals surface area contributed by atoms with Gasteiger partial charge in [0.25, 0.3) is 5.91 Å². The van der Waals surface area contributed by atoms with Crippen LogP contribution in [0.15, 0.2) is 24.3 Å². The summed E-state index contributed by atoms with van der Waals surface area (Å²) in [6.45, 7) is 10.5. The van der Waals surface area contributed by atoms with Gasteiger partial charge >= 0.3 is 12.2 Å². The summed E-state index contributed by atoms with van der Waals surface area (Å²) in [6, 6.07) is 7.30. The monoisotopic (exact) mass is 362 g/mol. The molecule has 0 spiro atoms. The minimum Gasteiger partial charge on any atom is -0.445 e. The summed E-state index contributed by atoms with van der Waals surface area (Å²) >= 11 is 0. The molecule has 0 aromatic heterocycles. The number of hydrogen-bond acceptors (Lipinski definition) is 5. The van der Waals surface area contributed by atoms with Gasteiger partial charge in [-0.15, -0.1) is 5.01 Å². The number of aryl methyl sites for hydroxylation is 1. The van der Waals surface area contributed by atoms with Gasteiger partial charge in [0.05, 0.1) is 12.2 Å². The van der Waals surface area contributed by atoms with Gasteiger partial charge in [0.2, 0.25) is 0 Å². The fraction of sp³-hybridized carbons (Fsp3) is 0.526. The zero-order valence-corrected chi connectivity index (χ0v) is 16.1. The maximum absolute atomic E-state index is 13.0. The van der Waals surface area contributed by atoms with Crippen molar-refractivity contribution in [1.82, 2.24) is 10.0 Å². The van der Waals surface area contributed by atoms with Crippen LogP contribution in [0.1, 0.15) is 52.2 Å². The molecule has 142 valence electrons. The van der Waals surface area contributed by atoms with E-state index in [0.29, 0.717) is 12.0 Å². The zero-order chi connectivity index (χ0) is 19.6. The van der Waals surface area contributed by atoms with E-state index in [1.54, 1.807) is 46.8 Å². The number of rotatable bonds is 4. The third-order valence-electron chi connectivity index (χ3n) is 4.17. The minimum absolute atomic E-state index is 0.299. The molecular formula is C19H26N2O5. The summed E-state index contributed by atoms with van der Waals surface area (Å²) in [5, 5.41) is 1.80. The Bertz CT molecular complexity index is 698. The molecule has 0 radical (unpaired) electrons. The molecule has 0 N–H and O–H groups in total. The van der Waals surface area contributed by atoms with E-state index in [1.807, 2.05) is 19.1 Å². The largest absolute Gasteiger partial charge is 0.445 e. The summed E-state index contributed by atoms with van der Waals surface area (Å²) in [6.07, 6.45) is -2.17. The van der Waals surface area contributed by atoms with Gasteiger partial charge < -0.3 is 9.47 Å². The van der Waals surface area contributed by atoms with Crippen LogP contribution in [0.4, 0.5) is 9.59 Å². The number of carbonyl (C=O) groups excluding carboxylic acids is 3. The number of imide groups is 1.